The summed E-state index contributed by atoms with van der Waals surface area (Å²) < 4.78 is 28.6. The Morgan fingerprint density at radius 1 is 1.03 bits per heavy atom. The molecule has 0 atom stereocenters. The molecule has 0 saturated carbocycles. The molecule has 3 aromatic carbocycles. The quantitative estimate of drug-likeness (QED) is 0.443. The summed E-state index contributed by atoms with van der Waals surface area (Å²) in [5.74, 6) is -0.450. The summed E-state index contributed by atoms with van der Waals surface area (Å²) in [4.78, 5) is 12.8. The van der Waals surface area contributed by atoms with E-state index < -0.39 is 15.9 Å². The van der Waals surface area contributed by atoms with E-state index in [4.69, 9.17) is 11.6 Å². The molecular formula is C21H18ClIN2O3S. The van der Waals surface area contributed by atoms with Gasteiger partial charge in [0.2, 0.25) is 5.91 Å². The number of nitrogens with zero attached hydrogens (tertiary/aromatic N) is 1. The van der Waals surface area contributed by atoms with Crippen LogP contribution in [-0.2, 0) is 14.8 Å². The number of rotatable bonds is 6. The molecule has 5 nitrogen and oxygen atoms in total. The lowest BCUT2D eigenvalue weighted by molar-refractivity contribution is -0.114. The molecule has 29 heavy (non-hydrogen) atoms. The molecule has 1 N–H and O–H groups in total. The number of amides is 1. The van der Waals surface area contributed by atoms with Gasteiger partial charge in [-0.1, -0.05) is 29.8 Å². The Labute approximate surface area is 188 Å². The van der Waals surface area contributed by atoms with E-state index in [9.17, 15) is 13.2 Å². The highest BCUT2D eigenvalue weighted by atomic mass is 127. The van der Waals surface area contributed by atoms with Crippen LogP contribution in [-0.4, -0.2) is 20.9 Å². The number of carbonyl (C=O) groups is 1. The summed E-state index contributed by atoms with van der Waals surface area (Å²) in [5.41, 5.74) is 1.79. The lowest BCUT2D eigenvalue weighted by atomic mass is 10.2. The minimum Gasteiger partial charge on any atom is -0.324 e. The van der Waals surface area contributed by atoms with Crippen LogP contribution in [0.4, 0.5) is 11.4 Å². The number of sulfonamides is 1. The van der Waals surface area contributed by atoms with Crippen molar-refractivity contribution < 1.29 is 13.2 Å². The molecule has 0 aliphatic rings. The molecule has 0 spiro atoms. The summed E-state index contributed by atoms with van der Waals surface area (Å²) >= 11 is 8.10. The van der Waals surface area contributed by atoms with Gasteiger partial charge in [-0.05, 0) is 89.7 Å². The fourth-order valence-corrected chi connectivity index (χ4v) is 4.76. The molecule has 0 unspecified atom stereocenters. The molecule has 0 heterocycles. The number of hydrogen-bond donors (Lipinski definition) is 1. The molecule has 0 bridgehead atoms. The standard InChI is InChI=1S/C21H18ClIN2O3S/c1-15-13-16(22)7-12-20(15)24-21(26)14-25(18-10-8-17(23)9-11-18)29(27,28)19-5-3-2-4-6-19/h2-13H,14H2,1H3,(H,24,26). The Morgan fingerprint density at radius 2 is 1.69 bits per heavy atom. The van der Waals surface area contributed by atoms with Crippen LogP contribution in [0.2, 0.25) is 5.02 Å². The lowest BCUT2D eigenvalue weighted by Gasteiger charge is -2.24. The normalized spacial score (nSPS) is 11.1. The molecule has 0 fully saturated rings. The van der Waals surface area contributed by atoms with Crippen LogP contribution in [0, 0.1) is 10.5 Å². The second kappa shape index (κ2) is 9.15. The minimum absolute atomic E-state index is 0.119. The maximum absolute atomic E-state index is 13.2. The molecule has 0 saturated heterocycles. The van der Waals surface area contributed by atoms with Gasteiger partial charge in [0.25, 0.3) is 10.0 Å². The summed E-state index contributed by atoms with van der Waals surface area (Å²) in [7, 11) is -3.92. The fraction of sp³-hybridized carbons (Fsp3) is 0.0952. The maximum atomic E-state index is 13.2. The van der Waals surface area contributed by atoms with E-state index in [0.29, 0.717) is 16.4 Å². The summed E-state index contributed by atoms with van der Waals surface area (Å²) in [6.45, 7) is 1.46. The van der Waals surface area contributed by atoms with Crippen LogP contribution in [0.3, 0.4) is 0 Å². The number of hydrogen-bond acceptors (Lipinski definition) is 3. The number of halogens is 2. The van der Waals surface area contributed by atoms with Crippen molar-refractivity contribution >= 4 is 61.5 Å². The first kappa shape index (κ1) is 21.6. The van der Waals surface area contributed by atoms with E-state index in [1.807, 2.05) is 6.92 Å². The van der Waals surface area contributed by atoms with Crippen LogP contribution < -0.4 is 9.62 Å². The number of anilines is 2. The van der Waals surface area contributed by atoms with Gasteiger partial charge < -0.3 is 5.32 Å². The minimum atomic E-state index is -3.92. The van der Waals surface area contributed by atoms with E-state index in [1.165, 1.54) is 12.1 Å². The number of nitrogens with one attached hydrogen (secondary N) is 1. The van der Waals surface area contributed by atoms with Gasteiger partial charge in [0.15, 0.2) is 0 Å². The lowest BCUT2D eigenvalue weighted by Crippen LogP contribution is -2.38. The highest BCUT2D eigenvalue weighted by Gasteiger charge is 2.27. The Bertz CT molecular complexity index is 1120. The monoisotopic (exact) mass is 540 g/mol. The largest absolute Gasteiger partial charge is 0.324 e. The van der Waals surface area contributed by atoms with Crippen LogP contribution in [0.15, 0.2) is 77.7 Å². The molecule has 3 rings (SSSR count). The number of benzene rings is 3. The average Bonchev–Trinajstić information content (AvgIpc) is 2.70. The van der Waals surface area contributed by atoms with Crippen molar-refractivity contribution in [2.75, 3.05) is 16.2 Å². The van der Waals surface area contributed by atoms with Gasteiger partial charge in [0.05, 0.1) is 10.6 Å². The van der Waals surface area contributed by atoms with Crippen LogP contribution in [0.5, 0.6) is 0 Å². The van der Waals surface area contributed by atoms with Crippen molar-refractivity contribution in [3.63, 3.8) is 0 Å². The zero-order chi connectivity index (χ0) is 21.0. The summed E-state index contributed by atoms with van der Waals surface area (Å²) in [6.07, 6.45) is 0. The van der Waals surface area contributed by atoms with Crippen molar-refractivity contribution in [3.8, 4) is 0 Å². The van der Waals surface area contributed by atoms with Crippen molar-refractivity contribution in [2.45, 2.75) is 11.8 Å². The molecule has 3 aromatic rings. The third-order valence-corrected chi connectivity index (χ3v) is 6.94. The first-order valence-electron chi connectivity index (χ1n) is 8.67. The van der Waals surface area contributed by atoms with E-state index >= 15 is 0 Å². The SMILES string of the molecule is Cc1cc(Cl)ccc1NC(=O)CN(c1ccc(I)cc1)S(=O)(=O)c1ccccc1. The molecule has 0 radical (unpaired) electrons. The number of aryl methyl sites for hydroxylation is 1. The highest BCUT2D eigenvalue weighted by Crippen LogP contribution is 2.25. The Hall–Kier alpha value is -2.10. The van der Waals surface area contributed by atoms with Crippen molar-refractivity contribution in [1.29, 1.82) is 0 Å². The zero-order valence-electron chi connectivity index (χ0n) is 15.5. The van der Waals surface area contributed by atoms with Crippen LogP contribution >= 0.6 is 34.2 Å². The van der Waals surface area contributed by atoms with Gasteiger partial charge in [-0.3, -0.25) is 9.10 Å². The van der Waals surface area contributed by atoms with E-state index in [-0.39, 0.29) is 11.4 Å². The zero-order valence-corrected chi connectivity index (χ0v) is 19.2. The Balaban J connectivity index is 1.93. The van der Waals surface area contributed by atoms with E-state index in [1.54, 1.807) is 60.7 Å². The second-order valence-electron chi connectivity index (χ2n) is 6.31. The first-order valence-corrected chi connectivity index (χ1v) is 11.6. The van der Waals surface area contributed by atoms with Crippen molar-refractivity contribution in [2.24, 2.45) is 0 Å². The van der Waals surface area contributed by atoms with Crippen LogP contribution in [0.25, 0.3) is 0 Å². The first-order chi connectivity index (χ1) is 13.8. The molecule has 0 aliphatic heterocycles. The smallest absolute Gasteiger partial charge is 0.264 e. The third-order valence-electron chi connectivity index (χ3n) is 4.20. The predicted molar refractivity (Wildman–Crippen MR) is 125 cm³/mol. The van der Waals surface area contributed by atoms with Gasteiger partial charge in [-0.25, -0.2) is 8.42 Å². The molecule has 0 aromatic heterocycles. The van der Waals surface area contributed by atoms with E-state index in [2.05, 4.69) is 27.9 Å². The van der Waals surface area contributed by atoms with Crippen LogP contribution in [0.1, 0.15) is 5.56 Å². The maximum Gasteiger partial charge on any atom is 0.264 e. The molecule has 1 amide bonds. The van der Waals surface area contributed by atoms with Gasteiger partial charge in [-0.2, -0.15) is 0 Å². The molecular weight excluding hydrogens is 523 g/mol. The molecule has 0 aliphatic carbocycles. The second-order valence-corrected chi connectivity index (χ2v) is 9.85. The topological polar surface area (TPSA) is 66.5 Å². The molecule has 150 valence electrons. The van der Waals surface area contributed by atoms with E-state index in [0.717, 1.165) is 13.4 Å². The van der Waals surface area contributed by atoms with Gasteiger partial charge in [-0.15, -0.1) is 0 Å². The highest BCUT2D eigenvalue weighted by molar-refractivity contribution is 14.1. The summed E-state index contributed by atoms with van der Waals surface area (Å²) in [6, 6.07) is 20.1. The summed E-state index contributed by atoms with van der Waals surface area (Å²) in [5, 5.41) is 3.33. The van der Waals surface area contributed by atoms with Gasteiger partial charge >= 0.3 is 0 Å². The third kappa shape index (κ3) is 5.29. The Morgan fingerprint density at radius 3 is 2.31 bits per heavy atom. The fourth-order valence-electron chi connectivity index (χ4n) is 2.73. The molecule has 8 heteroatoms. The van der Waals surface area contributed by atoms with Crippen molar-refractivity contribution in [3.05, 3.63) is 87.0 Å². The Kier molecular flexibility index (Phi) is 6.81. The average molecular weight is 541 g/mol. The van der Waals surface area contributed by atoms with Gasteiger partial charge in [0, 0.05) is 14.3 Å². The predicted octanol–water partition coefficient (Wildman–Crippen LogP) is 5.09. The van der Waals surface area contributed by atoms with Gasteiger partial charge in [0.1, 0.15) is 6.54 Å². The number of carbonyl (C=O) groups excluding carboxylic acids is 1. The van der Waals surface area contributed by atoms with Crippen molar-refractivity contribution in [1.82, 2.24) is 0 Å².